The summed E-state index contributed by atoms with van der Waals surface area (Å²) in [6.45, 7) is 8.13. The fourth-order valence-electron chi connectivity index (χ4n) is 2.04. The summed E-state index contributed by atoms with van der Waals surface area (Å²) in [6.07, 6.45) is 0.107. The molecule has 1 atom stereocenters. The minimum absolute atomic E-state index is 0.0549. The molecule has 0 saturated carbocycles. The molecule has 1 fully saturated rings. The van der Waals surface area contributed by atoms with Gasteiger partial charge in [-0.15, -0.1) is 0 Å². The highest BCUT2D eigenvalue weighted by Gasteiger charge is 2.30. The number of nitrogens with zero attached hydrogens (tertiary/aromatic N) is 1. The molecule has 1 saturated heterocycles. The predicted octanol–water partition coefficient (Wildman–Crippen LogP) is -2.49. The Bertz CT molecular complexity index is 264. The maximum absolute atomic E-state index is 11.5. The van der Waals surface area contributed by atoms with Crippen molar-refractivity contribution in [3.63, 3.8) is 0 Å². The van der Waals surface area contributed by atoms with Crippen molar-refractivity contribution in [1.29, 1.82) is 0 Å². The molecule has 1 aliphatic heterocycles. The quantitative estimate of drug-likeness (QED) is 0.547. The van der Waals surface area contributed by atoms with Crippen LogP contribution in [0.5, 0.6) is 0 Å². The summed E-state index contributed by atoms with van der Waals surface area (Å²) in [6, 6.07) is 0. The maximum atomic E-state index is 11.5. The van der Waals surface area contributed by atoms with Crippen LogP contribution in [0.2, 0.25) is 0 Å². The molecule has 0 aromatic carbocycles. The minimum Gasteiger partial charge on any atom is -0.550 e. The van der Waals surface area contributed by atoms with Gasteiger partial charge in [-0.25, -0.2) is 0 Å². The summed E-state index contributed by atoms with van der Waals surface area (Å²) in [5.41, 5.74) is 0. The first-order valence-electron chi connectivity index (χ1n) is 5.90. The van der Waals surface area contributed by atoms with Crippen LogP contribution in [0.1, 0.15) is 20.3 Å². The highest BCUT2D eigenvalue weighted by atomic mass is 16.4. The van der Waals surface area contributed by atoms with Gasteiger partial charge in [-0.2, -0.15) is 0 Å². The van der Waals surface area contributed by atoms with Crippen LogP contribution >= 0.6 is 0 Å². The van der Waals surface area contributed by atoms with Gasteiger partial charge in [-0.05, 0) is 13.8 Å². The molecule has 16 heavy (non-hydrogen) atoms. The molecule has 0 bridgehead atoms. The lowest BCUT2D eigenvalue weighted by molar-refractivity contribution is -0.895. The number of amides is 1. The second-order valence-electron chi connectivity index (χ2n) is 4.27. The maximum Gasteiger partial charge on any atom is 0.223 e. The number of aliphatic carboxylic acids is 1. The van der Waals surface area contributed by atoms with E-state index in [2.05, 4.69) is 13.8 Å². The van der Waals surface area contributed by atoms with Crippen LogP contribution < -0.4 is 10.0 Å². The van der Waals surface area contributed by atoms with Crippen LogP contribution in [0, 0.1) is 5.92 Å². The van der Waals surface area contributed by atoms with Gasteiger partial charge in [-0.3, -0.25) is 4.79 Å². The highest BCUT2D eigenvalue weighted by molar-refractivity contribution is 5.85. The molecule has 1 N–H and O–H groups in total. The Morgan fingerprint density at radius 3 is 2.56 bits per heavy atom. The SMILES string of the molecule is CC[NH+](CC)CCN1C[C@@H](C(=O)[O-])CC1=O. The van der Waals surface area contributed by atoms with Crippen LogP contribution in [-0.4, -0.2) is 49.5 Å². The lowest BCUT2D eigenvalue weighted by Crippen LogP contribution is -3.12. The number of carbonyl (C=O) groups is 2. The zero-order valence-electron chi connectivity index (χ0n) is 9.99. The highest BCUT2D eigenvalue weighted by Crippen LogP contribution is 2.15. The largest absolute Gasteiger partial charge is 0.550 e. The molecule has 1 amide bonds. The number of hydrogen-bond donors (Lipinski definition) is 1. The Kier molecular flexibility index (Phi) is 4.73. The van der Waals surface area contributed by atoms with Crippen molar-refractivity contribution >= 4 is 11.9 Å². The fourth-order valence-corrected chi connectivity index (χ4v) is 2.04. The number of carboxylic acids is 1. The smallest absolute Gasteiger partial charge is 0.223 e. The Hall–Kier alpha value is -1.10. The van der Waals surface area contributed by atoms with Gasteiger partial charge >= 0.3 is 0 Å². The molecule has 1 heterocycles. The summed E-state index contributed by atoms with van der Waals surface area (Å²) in [5, 5.41) is 10.6. The Balaban J connectivity index is 2.38. The second-order valence-corrected chi connectivity index (χ2v) is 4.27. The van der Waals surface area contributed by atoms with Crippen LogP contribution in [0.3, 0.4) is 0 Å². The van der Waals surface area contributed by atoms with Gasteiger partial charge in [0.05, 0.1) is 26.2 Å². The van der Waals surface area contributed by atoms with E-state index >= 15 is 0 Å². The van der Waals surface area contributed by atoms with E-state index in [4.69, 9.17) is 0 Å². The third-order valence-electron chi connectivity index (χ3n) is 3.28. The number of carboxylic acid groups (broad SMARTS) is 1. The van der Waals surface area contributed by atoms with Gasteiger partial charge in [0, 0.05) is 24.9 Å². The van der Waals surface area contributed by atoms with E-state index < -0.39 is 11.9 Å². The Morgan fingerprint density at radius 2 is 2.12 bits per heavy atom. The lowest BCUT2D eigenvalue weighted by atomic mass is 10.1. The molecular weight excluding hydrogens is 208 g/mol. The number of carbonyl (C=O) groups excluding carboxylic acids is 2. The van der Waals surface area contributed by atoms with Gasteiger partial charge in [-0.1, -0.05) is 0 Å². The van der Waals surface area contributed by atoms with Gasteiger partial charge in [0.2, 0.25) is 5.91 Å². The summed E-state index contributed by atoms with van der Waals surface area (Å²) in [4.78, 5) is 25.2. The lowest BCUT2D eigenvalue weighted by Gasteiger charge is -2.21. The normalized spacial score (nSPS) is 20.8. The average molecular weight is 228 g/mol. The van der Waals surface area contributed by atoms with Crippen molar-refractivity contribution in [2.45, 2.75) is 20.3 Å². The summed E-state index contributed by atoms with van der Waals surface area (Å²) < 4.78 is 0. The van der Waals surface area contributed by atoms with E-state index in [9.17, 15) is 14.7 Å². The molecular formula is C11H20N2O3. The zero-order chi connectivity index (χ0) is 12.1. The number of quaternary nitrogens is 1. The first kappa shape index (κ1) is 13.0. The predicted molar refractivity (Wildman–Crippen MR) is 56.6 cm³/mol. The molecule has 1 rings (SSSR count). The van der Waals surface area contributed by atoms with E-state index in [1.165, 1.54) is 4.90 Å². The van der Waals surface area contributed by atoms with E-state index in [1.54, 1.807) is 4.90 Å². The van der Waals surface area contributed by atoms with Crippen molar-refractivity contribution in [2.24, 2.45) is 5.92 Å². The number of likely N-dealkylation sites (N-methyl/N-ethyl adjacent to an activating group) is 1. The van der Waals surface area contributed by atoms with Crippen molar-refractivity contribution in [3.05, 3.63) is 0 Å². The van der Waals surface area contributed by atoms with Crippen molar-refractivity contribution in [2.75, 3.05) is 32.7 Å². The summed E-state index contributed by atoms with van der Waals surface area (Å²) >= 11 is 0. The third-order valence-corrected chi connectivity index (χ3v) is 3.28. The van der Waals surface area contributed by atoms with Crippen molar-refractivity contribution in [3.8, 4) is 0 Å². The van der Waals surface area contributed by atoms with E-state index in [-0.39, 0.29) is 12.3 Å². The molecule has 1 aliphatic rings. The van der Waals surface area contributed by atoms with Crippen LogP contribution in [0.4, 0.5) is 0 Å². The van der Waals surface area contributed by atoms with Crippen molar-refractivity contribution < 1.29 is 19.6 Å². The summed E-state index contributed by atoms with van der Waals surface area (Å²) in [5.74, 6) is -1.77. The topological polar surface area (TPSA) is 64.9 Å². The number of likely N-dealkylation sites (tertiary alicyclic amines) is 1. The number of rotatable bonds is 6. The van der Waals surface area contributed by atoms with Gasteiger partial charge in [0.15, 0.2) is 0 Å². The van der Waals surface area contributed by atoms with Gasteiger partial charge in [0.1, 0.15) is 0 Å². The van der Waals surface area contributed by atoms with E-state index in [0.717, 1.165) is 19.6 Å². The molecule has 0 unspecified atom stereocenters. The molecule has 0 aromatic heterocycles. The first-order valence-corrected chi connectivity index (χ1v) is 5.90. The molecule has 0 radical (unpaired) electrons. The fraction of sp³-hybridized carbons (Fsp3) is 0.818. The van der Waals surface area contributed by atoms with Crippen LogP contribution in [0.25, 0.3) is 0 Å². The molecule has 0 aliphatic carbocycles. The number of hydrogen-bond acceptors (Lipinski definition) is 3. The van der Waals surface area contributed by atoms with Crippen LogP contribution in [-0.2, 0) is 9.59 Å². The Morgan fingerprint density at radius 1 is 1.50 bits per heavy atom. The van der Waals surface area contributed by atoms with E-state index in [1.807, 2.05) is 0 Å². The second kappa shape index (κ2) is 5.84. The monoisotopic (exact) mass is 228 g/mol. The average Bonchev–Trinajstić information content (AvgIpc) is 2.62. The van der Waals surface area contributed by atoms with Crippen LogP contribution in [0.15, 0.2) is 0 Å². The van der Waals surface area contributed by atoms with E-state index in [0.29, 0.717) is 13.1 Å². The van der Waals surface area contributed by atoms with Crippen molar-refractivity contribution in [1.82, 2.24) is 4.90 Å². The third kappa shape index (κ3) is 3.20. The molecule has 5 nitrogen and oxygen atoms in total. The van der Waals surface area contributed by atoms with Gasteiger partial charge < -0.3 is 19.7 Å². The van der Waals surface area contributed by atoms with Gasteiger partial charge in [0.25, 0.3) is 0 Å². The Labute approximate surface area is 96.0 Å². The zero-order valence-corrected chi connectivity index (χ0v) is 9.99. The molecule has 5 heteroatoms. The number of nitrogens with one attached hydrogen (secondary N) is 1. The molecule has 0 aromatic rings. The molecule has 92 valence electrons. The standard InChI is InChI=1S/C11H20N2O3/c1-3-12(4-2)5-6-13-8-9(11(15)16)7-10(13)14/h9H,3-8H2,1-2H3,(H,15,16)/t9-/m0/s1. The first-order chi connectivity index (χ1) is 7.58. The molecule has 0 spiro atoms. The minimum atomic E-state index is -1.11. The summed E-state index contributed by atoms with van der Waals surface area (Å²) in [7, 11) is 0.